The molecule has 6 heteroatoms. The Balaban J connectivity index is 1.94. The van der Waals surface area contributed by atoms with Crippen LogP contribution in [0.3, 0.4) is 0 Å². The lowest BCUT2D eigenvalue weighted by Crippen LogP contribution is -2.06. The maximum absolute atomic E-state index is 10.3. The van der Waals surface area contributed by atoms with E-state index in [9.17, 15) is 4.79 Å². The Labute approximate surface area is 110 Å². The van der Waals surface area contributed by atoms with E-state index in [-0.39, 0.29) is 19.1 Å². The summed E-state index contributed by atoms with van der Waals surface area (Å²) in [6.07, 6.45) is 0.554. The highest BCUT2D eigenvalue weighted by atomic mass is 16.5. The summed E-state index contributed by atoms with van der Waals surface area (Å²) in [5.74, 6) is -0.257. The summed E-state index contributed by atoms with van der Waals surface area (Å²) in [5.41, 5.74) is 2.27. The number of aromatic nitrogens is 2. The minimum atomic E-state index is -1.03. The summed E-state index contributed by atoms with van der Waals surface area (Å²) < 4.78 is 10.3. The molecule has 0 bridgehead atoms. The normalized spacial score (nSPS) is 10.6. The molecule has 0 atom stereocenters. The highest BCUT2D eigenvalue weighted by Gasteiger charge is 2.09. The van der Waals surface area contributed by atoms with Gasteiger partial charge in [0.05, 0.1) is 6.42 Å². The minimum Gasteiger partial charge on any atom is -0.480 e. The van der Waals surface area contributed by atoms with Crippen LogP contribution in [0.4, 0.5) is 0 Å². The van der Waals surface area contributed by atoms with Crippen molar-refractivity contribution in [3.05, 3.63) is 47.2 Å². The van der Waals surface area contributed by atoms with Crippen LogP contribution in [0.1, 0.15) is 22.9 Å². The Morgan fingerprint density at radius 1 is 1.32 bits per heavy atom. The second-order valence-corrected chi connectivity index (χ2v) is 4.08. The van der Waals surface area contributed by atoms with Gasteiger partial charge in [0.15, 0.2) is 0 Å². The highest BCUT2D eigenvalue weighted by molar-refractivity contribution is 5.67. The van der Waals surface area contributed by atoms with E-state index in [2.05, 4.69) is 10.2 Å². The van der Waals surface area contributed by atoms with Gasteiger partial charge in [-0.1, -0.05) is 24.3 Å². The molecular formula is C13H14N2O4. The van der Waals surface area contributed by atoms with Gasteiger partial charge in [0.25, 0.3) is 0 Å². The number of carboxylic acids is 1. The van der Waals surface area contributed by atoms with Gasteiger partial charge in [0.2, 0.25) is 11.8 Å². The molecule has 0 unspecified atom stereocenters. The van der Waals surface area contributed by atoms with E-state index in [1.54, 1.807) is 0 Å². The van der Waals surface area contributed by atoms with E-state index in [1.165, 1.54) is 0 Å². The molecule has 100 valence electrons. The summed E-state index contributed by atoms with van der Waals surface area (Å²) in [6, 6.07) is 7.94. The first kappa shape index (κ1) is 13.2. The molecule has 2 aromatic rings. The van der Waals surface area contributed by atoms with E-state index >= 15 is 0 Å². The van der Waals surface area contributed by atoms with Gasteiger partial charge >= 0.3 is 5.97 Å². The van der Waals surface area contributed by atoms with Crippen molar-refractivity contribution in [3.63, 3.8) is 0 Å². The van der Waals surface area contributed by atoms with Crippen molar-refractivity contribution >= 4 is 5.97 Å². The van der Waals surface area contributed by atoms with Gasteiger partial charge in [-0.05, 0) is 18.1 Å². The quantitative estimate of drug-likeness (QED) is 0.850. The fourth-order valence-corrected chi connectivity index (χ4v) is 1.62. The molecule has 0 fully saturated rings. The van der Waals surface area contributed by atoms with Crippen LogP contribution in [-0.2, 0) is 22.6 Å². The van der Waals surface area contributed by atoms with Crippen LogP contribution in [0, 0.1) is 6.92 Å². The van der Waals surface area contributed by atoms with Gasteiger partial charge in [-0.2, -0.15) is 0 Å². The molecular weight excluding hydrogens is 248 g/mol. The van der Waals surface area contributed by atoms with Gasteiger partial charge in [0.1, 0.15) is 13.2 Å². The number of carboxylic acid groups (broad SMARTS) is 1. The predicted molar refractivity (Wildman–Crippen MR) is 65.6 cm³/mol. The van der Waals surface area contributed by atoms with Crippen LogP contribution < -0.4 is 0 Å². The zero-order valence-electron chi connectivity index (χ0n) is 10.5. The second-order valence-electron chi connectivity index (χ2n) is 4.08. The van der Waals surface area contributed by atoms with Gasteiger partial charge in [0, 0.05) is 0 Å². The topological polar surface area (TPSA) is 85.5 Å². The van der Waals surface area contributed by atoms with Crippen molar-refractivity contribution in [2.24, 2.45) is 0 Å². The Morgan fingerprint density at radius 2 is 2.05 bits per heavy atom. The summed E-state index contributed by atoms with van der Waals surface area (Å²) >= 11 is 0. The molecule has 1 aromatic heterocycles. The maximum Gasteiger partial charge on any atom is 0.329 e. The van der Waals surface area contributed by atoms with Crippen LogP contribution in [-0.4, -0.2) is 27.9 Å². The molecule has 0 saturated carbocycles. The molecule has 2 rings (SSSR count). The Kier molecular flexibility index (Phi) is 4.25. The Morgan fingerprint density at radius 3 is 2.79 bits per heavy atom. The summed E-state index contributed by atoms with van der Waals surface area (Å²) in [5, 5.41) is 16.1. The molecule has 1 heterocycles. The smallest absolute Gasteiger partial charge is 0.329 e. The molecule has 0 aliphatic heterocycles. The number of ether oxygens (including phenoxy) is 1. The number of carbonyl (C=O) groups is 1. The molecule has 1 N–H and O–H groups in total. The second kappa shape index (κ2) is 6.10. The molecule has 0 amide bonds. The van der Waals surface area contributed by atoms with Crippen molar-refractivity contribution in [2.75, 3.05) is 6.61 Å². The first-order valence-corrected chi connectivity index (χ1v) is 5.80. The third-order valence-corrected chi connectivity index (χ3v) is 2.56. The zero-order chi connectivity index (χ0) is 13.7. The first-order chi connectivity index (χ1) is 9.15. The van der Waals surface area contributed by atoms with Crippen LogP contribution in [0.15, 0.2) is 28.7 Å². The molecule has 0 aliphatic rings. The number of benzene rings is 1. The van der Waals surface area contributed by atoms with Gasteiger partial charge in [-0.15, -0.1) is 10.2 Å². The van der Waals surface area contributed by atoms with Crippen molar-refractivity contribution in [1.82, 2.24) is 10.2 Å². The Bertz CT molecular complexity index is 565. The fraction of sp³-hybridized carbons (Fsp3) is 0.308. The van der Waals surface area contributed by atoms with Crippen molar-refractivity contribution in [3.8, 4) is 0 Å². The van der Waals surface area contributed by atoms with Crippen LogP contribution in [0.2, 0.25) is 0 Å². The lowest BCUT2D eigenvalue weighted by Gasteiger charge is -2.01. The summed E-state index contributed by atoms with van der Waals surface area (Å²) in [4.78, 5) is 10.3. The average molecular weight is 262 g/mol. The molecule has 19 heavy (non-hydrogen) atoms. The van der Waals surface area contributed by atoms with Crippen molar-refractivity contribution in [1.29, 1.82) is 0 Å². The van der Waals surface area contributed by atoms with Crippen molar-refractivity contribution < 1.29 is 19.1 Å². The minimum absolute atomic E-state index is 0.00702. The maximum atomic E-state index is 10.3. The lowest BCUT2D eigenvalue weighted by atomic mass is 10.1. The average Bonchev–Trinajstić information content (AvgIpc) is 2.79. The third-order valence-electron chi connectivity index (χ3n) is 2.56. The number of aliphatic carboxylic acids is 1. The molecule has 0 saturated heterocycles. The summed E-state index contributed by atoms with van der Waals surface area (Å²) in [6.45, 7) is 1.64. The number of hydrogen-bond acceptors (Lipinski definition) is 5. The molecule has 1 aromatic carbocycles. The highest BCUT2D eigenvalue weighted by Crippen LogP contribution is 2.13. The van der Waals surface area contributed by atoms with E-state index < -0.39 is 5.97 Å². The number of nitrogens with zero attached hydrogens (tertiary/aromatic N) is 2. The number of hydrogen-bond donors (Lipinski definition) is 1. The van der Waals surface area contributed by atoms with E-state index in [4.69, 9.17) is 14.3 Å². The first-order valence-electron chi connectivity index (χ1n) is 5.80. The van der Waals surface area contributed by atoms with Gasteiger partial charge in [-0.25, -0.2) is 4.79 Å². The van der Waals surface area contributed by atoms with Crippen LogP contribution in [0.25, 0.3) is 0 Å². The van der Waals surface area contributed by atoms with Crippen molar-refractivity contribution in [2.45, 2.75) is 20.0 Å². The molecule has 0 spiro atoms. The number of aryl methyl sites for hydroxylation is 1. The largest absolute Gasteiger partial charge is 0.480 e. The fourth-order valence-electron chi connectivity index (χ4n) is 1.62. The van der Waals surface area contributed by atoms with Gasteiger partial charge in [-0.3, -0.25) is 0 Å². The Hall–Kier alpha value is -2.21. The predicted octanol–water partition coefficient (Wildman–Crippen LogP) is 1.57. The molecule has 0 radical (unpaired) electrons. The van der Waals surface area contributed by atoms with Gasteiger partial charge < -0.3 is 14.3 Å². The lowest BCUT2D eigenvalue weighted by molar-refractivity contribution is -0.142. The molecule has 0 aliphatic carbocycles. The third kappa shape index (κ3) is 3.89. The standard InChI is InChI=1S/C13H14N2O4/c1-9-4-2-3-5-10(9)6-11-14-15-12(19-11)7-18-8-13(16)17/h2-5H,6-8H2,1H3,(H,16,17). The zero-order valence-corrected chi connectivity index (χ0v) is 10.5. The van der Waals surface area contributed by atoms with Crippen LogP contribution in [0.5, 0.6) is 0 Å². The SMILES string of the molecule is Cc1ccccc1Cc1nnc(COCC(=O)O)o1. The summed E-state index contributed by atoms with van der Waals surface area (Å²) in [7, 11) is 0. The number of rotatable bonds is 6. The molecule has 6 nitrogen and oxygen atoms in total. The van der Waals surface area contributed by atoms with Crippen LogP contribution >= 0.6 is 0 Å². The van der Waals surface area contributed by atoms with E-state index in [0.717, 1.165) is 11.1 Å². The monoisotopic (exact) mass is 262 g/mol. The van der Waals surface area contributed by atoms with E-state index in [1.807, 2.05) is 31.2 Å². The van der Waals surface area contributed by atoms with E-state index in [0.29, 0.717) is 12.3 Å².